The highest BCUT2D eigenvalue weighted by molar-refractivity contribution is 5.74. The van der Waals surface area contributed by atoms with Crippen LogP contribution >= 0.6 is 0 Å². The number of rotatable bonds is 7. The molecule has 0 saturated heterocycles. The summed E-state index contributed by atoms with van der Waals surface area (Å²) in [4.78, 5) is 0. The summed E-state index contributed by atoms with van der Waals surface area (Å²) in [6.07, 6.45) is 10.4. The van der Waals surface area contributed by atoms with Gasteiger partial charge >= 0.3 is 0 Å². The molecule has 1 nitrogen and oxygen atoms in total. The highest BCUT2D eigenvalue weighted by Crippen LogP contribution is 2.17. The molecule has 0 aliphatic rings. The molecule has 0 aliphatic heterocycles. The fraction of sp³-hybridized carbons (Fsp3) is 0.294. The highest BCUT2D eigenvalue weighted by Gasteiger charge is 1.97. The van der Waals surface area contributed by atoms with Crippen molar-refractivity contribution in [1.29, 1.82) is 0 Å². The van der Waals surface area contributed by atoms with E-state index >= 15 is 0 Å². The van der Waals surface area contributed by atoms with Gasteiger partial charge in [-0.1, -0.05) is 55.1 Å². The molecule has 1 aromatic carbocycles. The van der Waals surface area contributed by atoms with Crippen LogP contribution in [0, 0.1) is 0 Å². The van der Waals surface area contributed by atoms with Crippen molar-refractivity contribution in [3.05, 3.63) is 66.3 Å². The third-order valence-electron chi connectivity index (χ3n) is 2.87. The zero-order valence-electron chi connectivity index (χ0n) is 11.4. The van der Waals surface area contributed by atoms with Gasteiger partial charge in [0.1, 0.15) is 0 Å². The smallest absolute Gasteiger partial charge is 0.00488 e. The molecule has 0 aromatic heterocycles. The van der Waals surface area contributed by atoms with Gasteiger partial charge in [-0.2, -0.15) is 0 Å². The van der Waals surface area contributed by atoms with Crippen LogP contribution in [-0.2, 0) is 6.42 Å². The van der Waals surface area contributed by atoms with Crippen LogP contribution in [0.1, 0.15) is 24.5 Å². The van der Waals surface area contributed by atoms with Gasteiger partial charge < -0.3 is 5.32 Å². The molecule has 0 amide bonds. The van der Waals surface area contributed by atoms with Crippen LogP contribution in [0.15, 0.2) is 55.1 Å². The number of allylic oxidation sites excluding steroid dienone is 5. The Bertz CT molecular complexity index is 410. The van der Waals surface area contributed by atoms with Crippen molar-refractivity contribution >= 4 is 5.57 Å². The van der Waals surface area contributed by atoms with Crippen molar-refractivity contribution in [2.75, 3.05) is 13.6 Å². The van der Waals surface area contributed by atoms with Crippen LogP contribution in [-0.4, -0.2) is 13.6 Å². The zero-order valence-corrected chi connectivity index (χ0v) is 11.4. The first kappa shape index (κ1) is 14.5. The molecule has 0 heterocycles. The summed E-state index contributed by atoms with van der Waals surface area (Å²) in [7, 11) is 1.99. The Balaban J connectivity index is 2.71. The molecular weight excluding hydrogens is 218 g/mol. The third-order valence-corrected chi connectivity index (χ3v) is 2.87. The van der Waals surface area contributed by atoms with Gasteiger partial charge in [0, 0.05) is 0 Å². The monoisotopic (exact) mass is 241 g/mol. The molecule has 0 atom stereocenters. The van der Waals surface area contributed by atoms with E-state index in [2.05, 4.69) is 42.2 Å². The summed E-state index contributed by atoms with van der Waals surface area (Å²) < 4.78 is 0. The first-order chi connectivity index (χ1) is 8.81. The average Bonchev–Trinajstić information content (AvgIpc) is 2.41. The number of aryl methyl sites for hydroxylation is 1. The number of hydrogen-bond acceptors (Lipinski definition) is 1. The molecule has 96 valence electrons. The molecule has 0 aliphatic carbocycles. The van der Waals surface area contributed by atoms with Crippen molar-refractivity contribution < 1.29 is 0 Å². The van der Waals surface area contributed by atoms with Crippen molar-refractivity contribution in [2.45, 2.75) is 19.8 Å². The molecule has 1 heteroatoms. The molecule has 0 radical (unpaired) electrons. The molecule has 0 spiro atoms. The third kappa shape index (κ3) is 4.72. The first-order valence-electron chi connectivity index (χ1n) is 6.51. The van der Waals surface area contributed by atoms with Crippen molar-refractivity contribution in [3.63, 3.8) is 0 Å². The maximum Gasteiger partial charge on any atom is -0.00488 e. The first-order valence-corrected chi connectivity index (χ1v) is 6.51. The van der Waals surface area contributed by atoms with Gasteiger partial charge in [0.2, 0.25) is 0 Å². The lowest BCUT2D eigenvalue weighted by molar-refractivity contribution is 0.725. The fourth-order valence-corrected chi connectivity index (χ4v) is 1.82. The van der Waals surface area contributed by atoms with E-state index in [9.17, 15) is 0 Å². The van der Waals surface area contributed by atoms with Crippen molar-refractivity contribution in [2.24, 2.45) is 0 Å². The largest absolute Gasteiger partial charge is 0.320 e. The Morgan fingerprint density at radius 1 is 1.28 bits per heavy atom. The van der Waals surface area contributed by atoms with Gasteiger partial charge in [0.15, 0.2) is 0 Å². The SMILES string of the molecule is C=C/C(=C\C=C/C)c1ccc(CCCNC)cc1. The summed E-state index contributed by atoms with van der Waals surface area (Å²) in [5.41, 5.74) is 3.78. The second-order valence-corrected chi connectivity index (χ2v) is 4.26. The van der Waals surface area contributed by atoms with Crippen molar-refractivity contribution in [3.8, 4) is 0 Å². The zero-order chi connectivity index (χ0) is 13.2. The second kappa shape index (κ2) is 8.48. The Kier molecular flexibility index (Phi) is 6.82. The average molecular weight is 241 g/mol. The molecule has 18 heavy (non-hydrogen) atoms. The predicted molar refractivity (Wildman–Crippen MR) is 81.7 cm³/mol. The lowest BCUT2D eigenvalue weighted by Gasteiger charge is -2.05. The predicted octanol–water partition coefficient (Wildman–Crippen LogP) is 3.98. The standard InChI is InChI=1S/C17H23N/c1-4-6-9-16(5-2)17-12-10-15(11-13-17)8-7-14-18-3/h4-6,9-13,18H,2,7-8,14H2,1,3H3/b6-4-,16-9+. The van der Waals surface area contributed by atoms with Crippen LogP contribution in [0.3, 0.4) is 0 Å². The normalized spacial score (nSPS) is 12.0. The topological polar surface area (TPSA) is 12.0 Å². The number of benzene rings is 1. The minimum Gasteiger partial charge on any atom is -0.320 e. The van der Waals surface area contributed by atoms with Crippen LogP contribution in [0.2, 0.25) is 0 Å². The van der Waals surface area contributed by atoms with Gasteiger partial charge in [-0.3, -0.25) is 0 Å². The minimum absolute atomic E-state index is 1.07. The molecule has 0 saturated carbocycles. The van der Waals surface area contributed by atoms with Gasteiger partial charge in [-0.15, -0.1) is 0 Å². The number of hydrogen-bond donors (Lipinski definition) is 1. The van der Waals surface area contributed by atoms with E-state index in [1.165, 1.54) is 17.5 Å². The molecule has 1 aromatic rings. The summed E-state index contributed by atoms with van der Waals surface area (Å²) >= 11 is 0. The lowest BCUT2D eigenvalue weighted by atomic mass is 10.0. The number of nitrogens with one attached hydrogen (secondary N) is 1. The van der Waals surface area contributed by atoms with Crippen LogP contribution in [0.4, 0.5) is 0 Å². The van der Waals surface area contributed by atoms with E-state index in [1.807, 2.05) is 32.2 Å². The Morgan fingerprint density at radius 3 is 2.56 bits per heavy atom. The lowest BCUT2D eigenvalue weighted by Crippen LogP contribution is -2.08. The minimum atomic E-state index is 1.07. The summed E-state index contributed by atoms with van der Waals surface area (Å²) in [6, 6.07) is 8.76. The Labute approximate surface area is 111 Å². The van der Waals surface area contributed by atoms with Gasteiger partial charge in [0.25, 0.3) is 0 Å². The maximum absolute atomic E-state index is 3.86. The molecule has 0 fully saturated rings. The Hall–Kier alpha value is -1.60. The molecule has 0 unspecified atom stereocenters. The quantitative estimate of drug-likeness (QED) is 0.562. The van der Waals surface area contributed by atoms with E-state index in [-0.39, 0.29) is 0 Å². The van der Waals surface area contributed by atoms with E-state index in [0.717, 1.165) is 18.5 Å². The van der Waals surface area contributed by atoms with Crippen LogP contribution in [0.25, 0.3) is 5.57 Å². The highest BCUT2D eigenvalue weighted by atomic mass is 14.8. The van der Waals surface area contributed by atoms with Gasteiger partial charge in [-0.25, -0.2) is 0 Å². The maximum atomic E-state index is 3.86. The van der Waals surface area contributed by atoms with Gasteiger partial charge in [0.05, 0.1) is 0 Å². The van der Waals surface area contributed by atoms with E-state index in [4.69, 9.17) is 0 Å². The van der Waals surface area contributed by atoms with Crippen molar-refractivity contribution in [1.82, 2.24) is 5.32 Å². The van der Waals surface area contributed by atoms with Crippen LogP contribution in [0.5, 0.6) is 0 Å². The Morgan fingerprint density at radius 2 is 2.00 bits per heavy atom. The summed E-state index contributed by atoms with van der Waals surface area (Å²) in [5, 5.41) is 3.17. The molecule has 1 rings (SSSR count). The van der Waals surface area contributed by atoms with Gasteiger partial charge in [-0.05, 0) is 50.1 Å². The second-order valence-electron chi connectivity index (χ2n) is 4.26. The summed E-state index contributed by atoms with van der Waals surface area (Å²) in [5.74, 6) is 0. The van der Waals surface area contributed by atoms with Crippen LogP contribution < -0.4 is 5.32 Å². The summed E-state index contributed by atoms with van der Waals surface area (Å²) in [6.45, 7) is 6.95. The molecule has 1 N–H and O–H groups in total. The van der Waals surface area contributed by atoms with E-state index in [1.54, 1.807) is 0 Å². The van der Waals surface area contributed by atoms with E-state index < -0.39 is 0 Å². The molecular formula is C17H23N. The van der Waals surface area contributed by atoms with E-state index in [0.29, 0.717) is 0 Å². The molecule has 0 bridgehead atoms. The fourth-order valence-electron chi connectivity index (χ4n) is 1.82.